The summed E-state index contributed by atoms with van der Waals surface area (Å²) >= 11 is 0. The van der Waals surface area contributed by atoms with Crippen molar-refractivity contribution in [3.05, 3.63) is 0 Å². The summed E-state index contributed by atoms with van der Waals surface area (Å²) < 4.78 is 10.9. The largest absolute Gasteiger partial charge is 0.395 e. The second-order valence-electron chi connectivity index (χ2n) is 30.4. The van der Waals surface area contributed by atoms with Crippen molar-refractivity contribution >= 4 is 0 Å². The van der Waals surface area contributed by atoms with Crippen molar-refractivity contribution in [3.63, 3.8) is 0 Å². The number of hydrogen-bond donors (Lipinski definition) is 8. The second-order valence-corrected chi connectivity index (χ2v) is 30.4. The third kappa shape index (κ3) is 72.8. The zero-order valence-electron chi connectivity index (χ0n) is 65.7. The van der Waals surface area contributed by atoms with Gasteiger partial charge in [0.2, 0.25) is 0 Å². The van der Waals surface area contributed by atoms with Crippen LogP contribution in [0.1, 0.15) is 466 Å². The molecule has 2 saturated heterocycles. The third-order valence-electron chi connectivity index (χ3n) is 20.6. The van der Waals surface area contributed by atoms with Crippen molar-refractivity contribution in [1.82, 2.24) is 10.6 Å². The van der Waals surface area contributed by atoms with E-state index in [0.717, 1.165) is 58.8 Å². The van der Waals surface area contributed by atoms with E-state index in [1.54, 1.807) is 0 Å². The topological polar surface area (TPSA) is 181 Å². The predicted molar refractivity (Wildman–Crippen MR) is 418 cm³/mol. The molecule has 0 aromatic rings. The summed E-state index contributed by atoms with van der Waals surface area (Å²) in [6.07, 6.45) is 84.8. The molecule has 2 aliphatic rings. The Kier molecular flexibility index (Phi) is 83.1. The van der Waals surface area contributed by atoms with Gasteiger partial charge in [0.25, 0.3) is 0 Å². The molecule has 2 heterocycles. The fraction of sp³-hybridized carbons (Fsp3) is 1.00. The Morgan fingerprint density at radius 2 is 0.617 bits per heavy atom. The van der Waals surface area contributed by atoms with E-state index in [1.165, 1.54) is 379 Å². The van der Waals surface area contributed by atoms with Crippen molar-refractivity contribution in [2.24, 2.45) is 17.2 Å². The maximum Gasteiger partial charge on any atom is 0.0971 e. The third-order valence-corrected chi connectivity index (χ3v) is 20.6. The van der Waals surface area contributed by atoms with Crippen LogP contribution in [-0.2, 0) is 9.47 Å². The molecular formula is C84H179N5O5. The molecule has 2 rings (SSSR count). The number of unbranched alkanes of at least 4 members (excludes halogenated alkanes) is 48. The highest BCUT2D eigenvalue weighted by Gasteiger charge is 2.33. The van der Waals surface area contributed by atoms with E-state index in [0.29, 0.717) is 11.6 Å². The van der Waals surface area contributed by atoms with Crippen LogP contribution in [-0.4, -0.2) is 90.5 Å². The lowest BCUT2D eigenvalue weighted by Crippen LogP contribution is -2.43. The van der Waals surface area contributed by atoms with Gasteiger partial charge >= 0.3 is 0 Å². The molecule has 0 aromatic carbocycles. The van der Waals surface area contributed by atoms with Gasteiger partial charge in [-0.3, -0.25) is 10.6 Å². The van der Waals surface area contributed by atoms with Crippen LogP contribution in [0.5, 0.6) is 0 Å². The first-order valence-electron chi connectivity index (χ1n) is 42.7. The van der Waals surface area contributed by atoms with Gasteiger partial charge < -0.3 is 42.0 Å². The number of ether oxygens (including phenoxy) is 2. The van der Waals surface area contributed by atoms with Gasteiger partial charge in [0.05, 0.1) is 46.5 Å². The summed E-state index contributed by atoms with van der Waals surface area (Å²) in [5.74, 6) is 0. The van der Waals surface area contributed by atoms with Crippen LogP contribution in [0.25, 0.3) is 0 Å². The van der Waals surface area contributed by atoms with Crippen molar-refractivity contribution in [1.29, 1.82) is 0 Å². The molecule has 10 nitrogen and oxygen atoms in total. The van der Waals surface area contributed by atoms with Gasteiger partial charge in [-0.2, -0.15) is 0 Å². The van der Waals surface area contributed by atoms with Gasteiger partial charge in [-0.1, -0.05) is 415 Å². The Balaban J connectivity index is -0.00000110. The van der Waals surface area contributed by atoms with Crippen LogP contribution in [0.2, 0.25) is 0 Å². The van der Waals surface area contributed by atoms with Crippen LogP contribution >= 0.6 is 0 Å². The first kappa shape index (κ1) is 97.8. The van der Waals surface area contributed by atoms with E-state index in [4.69, 9.17) is 31.8 Å². The highest BCUT2D eigenvalue weighted by atomic mass is 16.5. The summed E-state index contributed by atoms with van der Waals surface area (Å²) in [5, 5.41) is 34.7. The maximum absolute atomic E-state index is 9.47. The fourth-order valence-electron chi connectivity index (χ4n) is 13.5. The molecule has 0 aliphatic carbocycles. The number of nitrogens with two attached hydrogens (primary N) is 3. The van der Waals surface area contributed by atoms with Crippen LogP contribution in [0.4, 0.5) is 0 Å². The first-order valence-corrected chi connectivity index (χ1v) is 42.7. The normalized spacial score (nSPS) is 15.3. The Bertz CT molecular complexity index is 1320. The van der Waals surface area contributed by atoms with Crippen LogP contribution in [0.15, 0.2) is 0 Å². The zero-order chi connectivity index (χ0) is 69.7. The maximum atomic E-state index is 9.47. The molecule has 0 amide bonds. The van der Waals surface area contributed by atoms with E-state index in [2.05, 4.69) is 66.0 Å². The molecule has 3 atom stereocenters. The highest BCUT2D eigenvalue weighted by molar-refractivity contribution is 4.90. The van der Waals surface area contributed by atoms with Gasteiger partial charge in [-0.05, 0) is 51.4 Å². The van der Waals surface area contributed by atoms with Crippen LogP contribution in [0, 0.1) is 0 Å². The lowest BCUT2D eigenvalue weighted by Gasteiger charge is -2.28. The van der Waals surface area contributed by atoms with Gasteiger partial charge in [0.15, 0.2) is 0 Å². The van der Waals surface area contributed by atoms with Crippen LogP contribution in [0.3, 0.4) is 0 Å². The molecule has 2 fully saturated rings. The quantitative estimate of drug-likeness (QED) is 0.0273. The number of aliphatic hydroxyl groups is 3. The monoisotopic (exact) mass is 1340 g/mol. The van der Waals surface area contributed by atoms with Gasteiger partial charge in [-0.15, -0.1) is 0 Å². The van der Waals surface area contributed by atoms with E-state index >= 15 is 0 Å². The SMILES string of the molecule is CCCCCCCC(N)(CO)CCCCCCC.CCCCCCCC1(CCCCCCC)COCN1.CCCCCCCCC(N)(CO)CCCCCC.CCCCCCCCCCCCCCCC(N)CO.CCCCCCCCCCCCCCCC1COCN1. The first-order chi connectivity index (χ1) is 45.9. The standard InChI is InChI=1S/C18H37NO.C17H35NO.C17H37NO.2C16H35NO/c1-2-3-4-5-6-7-8-9-10-11-12-13-14-15-18-16-20-17-19-18;1-3-5-7-9-11-13-17(15-19-16-18-17)14-12-10-8-6-4-2;1-2-3-4-5-6-7-8-9-10-11-12-13-14-15-17(18)16-19;1-3-5-7-9-10-12-14-16(17,15-18)13-11-8-6-4-2;1-3-5-7-9-11-13-16(17,15-18)14-12-10-8-6-4-2/h18-19H,2-17H2,1H3;18H,3-16H2,1-2H3;17,19H,2-16,18H2,1H3;2*18H,3-15,17H2,1-2H3. The molecule has 3 unspecified atom stereocenters. The second kappa shape index (κ2) is 79.9. The molecule has 11 N–H and O–H groups in total. The Morgan fingerprint density at radius 3 is 0.872 bits per heavy atom. The molecule has 2 aliphatic heterocycles. The molecule has 0 bridgehead atoms. The molecule has 0 radical (unpaired) electrons. The van der Waals surface area contributed by atoms with Gasteiger partial charge in [-0.25, -0.2) is 0 Å². The van der Waals surface area contributed by atoms with Crippen molar-refractivity contribution in [2.75, 3.05) is 46.5 Å². The Hall–Kier alpha value is -0.400. The fourth-order valence-corrected chi connectivity index (χ4v) is 13.5. The van der Waals surface area contributed by atoms with Gasteiger partial charge in [0.1, 0.15) is 0 Å². The predicted octanol–water partition coefficient (Wildman–Crippen LogP) is 24.0. The molecule has 0 aromatic heterocycles. The van der Waals surface area contributed by atoms with Crippen molar-refractivity contribution < 1.29 is 24.8 Å². The highest BCUT2D eigenvalue weighted by Crippen LogP contribution is 2.28. The Labute approximate surface area is 591 Å². The number of hydrogen-bond acceptors (Lipinski definition) is 10. The van der Waals surface area contributed by atoms with Crippen molar-refractivity contribution in [3.8, 4) is 0 Å². The number of rotatable bonds is 67. The van der Waals surface area contributed by atoms with Gasteiger partial charge in [0, 0.05) is 28.7 Å². The van der Waals surface area contributed by atoms with E-state index in [9.17, 15) is 10.2 Å². The number of aliphatic hydroxyl groups excluding tert-OH is 3. The lowest BCUT2D eigenvalue weighted by atomic mass is 9.87. The molecule has 94 heavy (non-hydrogen) atoms. The summed E-state index contributed by atoms with van der Waals surface area (Å²) in [6.45, 7) is 21.9. The minimum Gasteiger partial charge on any atom is -0.395 e. The lowest BCUT2D eigenvalue weighted by molar-refractivity contribution is 0.168. The zero-order valence-corrected chi connectivity index (χ0v) is 65.7. The number of nitrogens with one attached hydrogen (secondary N) is 2. The van der Waals surface area contributed by atoms with E-state index in [-0.39, 0.29) is 36.9 Å². The minimum absolute atomic E-state index is 0.00714. The minimum atomic E-state index is -0.307. The average molecular weight is 1340 g/mol. The molecule has 0 spiro atoms. The Morgan fingerprint density at radius 1 is 0.351 bits per heavy atom. The summed E-state index contributed by atoms with van der Waals surface area (Å²) in [5.41, 5.74) is 17.9. The summed E-state index contributed by atoms with van der Waals surface area (Å²) in [7, 11) is 0. The van der Waals surface area contributed by atoms with E-state index in [1.807, 2.05) is 0 Å². The molecule has 570 valence electrons. The van der Waals surface area contributed by atoms with E-state index < -0.39 is 0 Å². The molecular weight excluding hydrogens is 1160 g/mol. The molecule has 0 saturated carbocycles. The summed E-state index contributed by atoms with van der Waals surface area (Å²) in [4.78, 5) is 0. The van der Waals surface area contributed by atoms with Crippen LogP contribution < -0.4 is 27.8 Å². The molecule has 10 heteroatoms. The average Bonchev–Trinajstić information content (AvgIpc) is 1.91. The van der Waals surface area contributed by atoms with Crippen molar-refractivity contribution in [2.45, 2.75) is 495 Å². The smallest absolute Gasteiger partial charge is 0.0971 e. The summed E-state index contributed by atoms with van der Waals surface area (Å²) in [6, 6.07) is 0.649.